The van der Waals surface area contributed by atoms with Gasteiger partial charge < -0.3 is 0 Å². The zero-order valence-corrected chi connectivity index (χ0v) is 17.4. The van der Waals surface area contributed by atoms with Crippen LogP contribution in [0, 0.1) is 0 Å². The van der Waals surface area contributed by atoms with Crippen molar-refractivity contribution in [3.63, 3.8) is 0 Å². The van der Waals surface area contributed by atoms with Gasteiger partial charge in [-0.1, -0.05) is 0 Å². The quantitative estimate of drug-likeness (QED) is 0.575. The van der Waals surface area contributed by atoms with Crippen molar-refractivity contribution in [1.29, 1.82) is 0 Å². The molecule has 1 aliphatic rings. The van der Waals surface area contributed by atoms with Gasteiger partial charge in [0.15, 0.2) is 0 Å². The van der Waals surface area contributed by atoms with Gasteiger partial charge in [0.1, 0.15) is 0 Å². The summed E-state index contributed by atoms with van der Waals surface area (Å²) >= 11 is 3.71. The summed E-state index contributed by atoms with van der Waals surface area (Å²) in [5, 5.41) is 10.6. The number of carbonyl (C=O) groups is 1. The van der Waals surface area contributed by atoms with Crippen LogP contribution in [0.5, 0.6) is 0 Å². The Morgan fingerprint density at radius 2 is 1.96 bits per heavy atom. The molecule has 0 spiro atoms. The first-order valence-corrected chi connectivity index (χ1v) is 10.8. The van der Waals surface area contributed by atoms with Gasteiger partial charge in [0, 0.05) is 0 Å². The van der Waals surface area contributed by atoms with Gasteiger partial charge in [0.25, 0.3) is 0 Å². The minimum absolute atomic E-state index is 0.00983. The fourth-order valence-electron chi connectivity index (χ4n) is 3.20. The molecule has 3 aromatic rings. The van der Waals surface area contributed by atoms with Crippen molar-refractivity contribution < 1.29 is 14.3 Å². The van der Waals surface area contributed by atoms with Crippen molar-refractivity contribution in [3.8, 4) is 0 Å². The predicted octanol–water partition coefficient (Wildman–Crippen LogP) is 2.21. The first kappa shape index (κ1) is 17.9. The number of carboxylic acids is 1. The Labute approximate surface area is 163 Å². The second kappa shape index (κ2) is 6.94. The van der Waals surface area contributed by atoms with E-state index in [1.807, 2.05) is 6.07 Å². The maximum atomic E-state index is 12.3. The van der Waals surface area contributed by atoms with E-state index in [4.69, 9.17) is 4.42 Å². The Morgan fingerprint density at radius 3 is 2.65 bits per heavy atom. The second-order valence-corrected chi connectivity index (χ2v) is 9.63. The third kappa shape index (κ3) is 3.16. The number of rotatable bonds is 3. The Kier molecular flexibility index (Phi) is 4.79. The Hall–Kier alpha value is -1.44. The molecule has 2 aromatic heterocycles. The molecule has 0 aliphatic carbocycles. The third-order valence-electron chi connectivity index (χ3n) is 4.73. The van der Waals surface area contributed by atoms with Crippen molar-refractivity contribution in [2.45, 2.75) is 6.54 Å². The fourth-order valence-corrected chi connectivity index (χ4v) is 6.93. The molecule has 3 heterocycles. The summed E-state index contributed by atoms with van der Waals surface area (Å²) in [5.74, 6) is -1.54. The van der Waals surface area contributed by atoms with E-state index in [2.05, 4.69) is 32.8 Å². The van der Waals surface area contributed by atoms with Crippen LogP contribution in [0.1, 0.15) is 15.0 Å². The van der Waals surface area contributed by atoms with Gasteiger partial charge in [0.2, 0.25) is 0 Å². The van der Waals surface area contributed by atoms with Gasteiger partial charge in [-0.05, 0) is 0 Å². The van der Waals surface area contributed by atoms with Crippen molar-refractivity contribution in [2.75, 3.05) is 33.2 Å². The Bertz CT molecular complexity index is 1070. The van der Waals surface area contributed by atoms with Crippen LogP contribution in [0.2, 0.25) is 0 Å². The number of halogens is 1. The van der Waals surface area contributed by atoms with Crippen molar-refractivity contribution in [3.05, 3.63) is 43.1 Å². The normalized spacial score (nSPS) is 16.5. The molecule has 1 aromatic carbocycles. The molecular weight excluding hydrogens is 467 g/mol. The van der Waals surface area contributed by atoms with E-state index in [9.17, 15) is 14.7 Å². The number of piperazine rings is 1. The second-order valence-electron chi connectivity index (χ2n) is 6.52. The van der Waals surface area contributed by atoms with E-state index < -0.39 is 5.97 Å². The Balaban J connectivity index is 1.81. The number of hydrogen-bond donors (Lipinski definition) is 1. The average Bonchev–Trinajstić information content (AvgIpc) is 2.93. The van der Waals surface area contributed by atoms with Crippen LogP contribution in [-0.4, -0.2) is 68.6 Å². The molecule has 6 nitrogen and oxygen atoms in total. The SMILES string of the molecule is CN1CCN(Cc2[se]c3c(ccc4c(=O)cc(C(=O)O)oc43)c2Br)CC1. The van der Waals surface area contributed by atoms with Gasteiger partial charge in [-0.25, -0.2) is 0 Å². The fraction of sp³-hybridized carbons (Fsp3) is 0.333. The number of nitrogens with zero attached hydrogens (tertiary/aromatic N) is 2. The maximum absolute atomic E-state index is 12.3. The zero-order valence-electron chi connectivity index (χ0n) is 14.1. The zero-order chi connectivity index (χ0) is 18.4. The van der Waals surface area contributed by atoms with Crippen LogP contribution in [-0.2, 0) is 6.54 Å². The minimum atomic E-state index is -1.23. The standard InChI is InChI=1S/C18H17BrN2O4Se/c1-20-4-6-21(7-5-20)9-14-15(19)11-3-2-10-12(22)8-13(18(23)24)25-16(10)17(11)26-14/h2-3,8H,4-7,9H2,1H3,(H,23,24). The molecule has 1 fully saturated rings. The molecule has 136 valence electrons. The van der Waals surface area contributed by atoms with E-state index >= 15 is 0 Å². The molecule has 0 bridgehead atoms. The molecule has 1 N–H and O–H groups in total. The summed E-state index contributed by atoms with van der Waals surface area (Å²) in [7, 11) is 2.13. The van der Waals surface area contributed by atoms with Crippen molar-refractivity contribution in [2.24, 2.45) is 0 Å². The Morgan fingerprint density at radius 1 is 1.27 bits per heavy atom. The van der Waals surface area contributed by atoms with Gasteiger partial charge in [0.05, 0.1) is 0 Å². The number of carboxylic acid groups (broad SMARTS) is 1. The van der Waals surface area contributed by atoms with Crippen LogP contribution in [0.15, 0.2) is 31.9 Å². The summed E-state index contributed by atoms with van der Waals surface area (Å²) < 4.78 is 8.90. The summed E-state index contributed by atoms with van der Waals surface area (Å²) in [5.41, 5.74) is 0.101. The number of hydrogen-bond acceptors (Lipinski definition) is 5. The predicted molar refractivity (Wildman–Crippen MR) is 104 cm³/mol. The molecule has 0 unspecified atom stereocenters. The molecule has 0 saturated carbocycles. The summed E-state index contributed by atoms with van der Waals surface area (Å²) in [6.07, 6.45) is 0. The van der Waals surface area contributed by atoms with Crippen molar-refractivity contribution >= 4 is 57.0 Å². The third-order valence-corrected chi connectivity index (χ3v) is 8.72. The molecular formula is C18H17BrN2O4Se. The number of fused-ring (bicyclic) bond motifs is 3. The van der Waals surface area contributed by atoms with E-state index in [-0.39, 0.29) is 25.7 Å². The molecule has 4 rings (SSSR count). The molecule has 1 saturated heterocycles. The average molecular weight is 484 g/mol. The van der Waals surface area contributed by atoms with Crippen LogP contribution >= 0.6 is 15.9 Å². The summed E-state index contributed by atoms with van der Waals surface area (Å²) in [6, 6.07) is 4.70. The van der Waals surface area contributed by atoms with Crippen LogP contribution in [0.4, 0.5) is 0 Å². The van der Waals surface area contributed by atoms with Gasteiger partial charge in [-0.15, -0.1) is 0 Å². The number of aromatic carboxylic acids is 1. The monoisotopic (exact) mass is 484 g/mol. The number of likely N-dealkylation sites (N-methyl/N-ethyl adjacent to an activating group) is 1. The van der Waals surface area contributed by atoms with Crippen LogP contribution in [0.3, 0.4) is 0 Å². The van der Waals surface area contributed by atoms with E-state index in [0.717, 1.165) is 52.9 Å². The van der Waals surface area contributed by atoms with Gasteiger partial charge in [-0.2, -0.15) is 0 Å². The molecule has 1 aliphatic heterocycles. The molecule has 8 heteroatoms. The molecule has 0 radical (unpaired) electrons. The van der Waals surface area contributed by atoms with Crippen LogP contribution < -0.4 is 5.43 Å². The van der Waals surface area contributed by atoms with Crippen LogP contribution in [0.25, 0.3) is 20.6 Å². The van der Waals surface area contributed by atoms with Crippen molar-refractivity contribution in [1.82, 2.24) is 9.80 Å². The van der Waals surface area contributed by atoms with Gasteiger partial charge >= 0.3 is 164 Å². The molecule has 0 amide bonds. The molecule has 0 atom stereocenters. The van der Waals surface area contributed by atoms with E-state index in [1.54, 1.807) is 6.07 Å². The molecule has 26 heavy (non-hydrogen) atoms. The topological polar surface area (TPSA) is 74.0 Å². The first-order chi connectivity index (χ1) is 12.4. The number of benzene rings is 1. The first-order valence-electron chi connectivity index (χ1n) is 8.26. The van der Waals surface area contributed by atoms with E-state index in [0.29, 0.717) is 11.0 Å². The summed E-state index contributed by atoms with van der Waals surface area (Å²) in [6.45, 7) is 5.07. The summed E-state index contributed by atoms with van der Waals surface area (Å²) in [4.78, 5) is 28.3. The van der Waals surface area contributed by atoms with E-state index in [1.165, 1.54) is 4.44 Å². The van der Waals surface area contributed by atoms with Gasteiger partial charge in [-0.3, -0.25) is 0 Å².